The first-order chi connectivity index (χ1) is 17.4. The molecule has 0 radical (unpaired) electrons. The molecule has 2 aromatic carbocycles. The molecule has 1 saturated heterocycles. The highest BCUT2D eigenvalue weighted by atomic mass is 16.2. The van der Waals surface area contributed by atoms with Gasteiger partial charge in [0.1, 0.15) is 0 Å². The molecule has 4 aliphatic carbocycles. The van der Waals surface area contributed by atoms with Gasteiger partial charge in [-0.05, 0) is 91.9 Å². The summed E-state index contributed by atoms with van der Waals surface area (Å²) < 4.78 is 0. The largest absolute Gasteiger partial charge is 0.340 e. The minimum Gasteiger partial charge on any atom is -0.340 e. The Hall–Kier alpha value is -2.46. The molecule has 1 heterocycles. The van der Waals surface area contributed by atoms with Crippen molar-refractivity contribution < 1.29 is 9.59 Å². The molecule has 2 unspecified atom stereocenters. The minimum absolute atomic E-state index is 0.166. The van der Waals surface area contributed by atoms with Gasteiger partial charge in [-0.15, -0.1) is 0 Å². The van der Waals surface area contributed by atoms with Crippen LogP contribution in [0.5, 0.6) is 0 Å². The molecule has 5 fully saturated rings. The number of amides is 1. The lowest BCUT2D eigenvalue weighted by Crippen LogP contribution is -2.61. The second kappa shape index (κ2) is 9.13. The van der Waals surface area contributed by atoms with Crippen molar-refractivity contribution in [2.45, 2.75) is 64.2 Å². The Morgan fingerprint density at radius 2 is 1.47 bits per heavy atom. The van der Waals surface area contributed by atoms with Gasteiger partial charge in [0, 0.05) is 32.6 Å². The molecular formula is C32H40N2O2. The summed E-state index contributed by atoms with van der Waals surface area (Å²) in [6.07, 6.45) is 7.56. The van der Waals surface area contributed by atoms with Gasteiger partial charge in [0.25, 0.3) is 0 Å². The van der Waals surface area contributed by atoms with Crippen LogP contribution in [0.2, 0.25) is 0 Å². The third kappa shape index (κ3) is 4.22. The summed E-state index contributed by atoms with van der Waals surface area (Å²) in [6, 6.07) is 17.3. The van der Waals surface area contributed by atoms with Crippen molar-refractivity contribution in [1.29, 1.82) is 0 Å². The van der Waals surface area contributed by atoms with E-state index < -0.39 is 0 Å². The van der Waals surface area contributed by atoms with E-state index in [9.17, 15) is 9.59 Å². The van der Waals surface area contributed by atoms with Crippen LogP contribution in [0.25, 0.3) is 0 Å². The van der Waals surface area contributed by atoms with Gasteiger partial charge in [-0.1, -0.05) is 48.5 Å². The Morgan fingerprint density at radius 3 is 2.11 bits per heavy atom. The summed E-state index contributed by atoms with van der Waals surface area (Å²) in [4.78, 5) is 31.4. The van der Waals surface area contributed by atoms with E-state index in [2.05, 4.69) is 72.2 Å². The van der Waals surface area contributed by atoms with E-state index in [1.807, 2.05) is 0 Å². The monoisotopic (exact) mass is 484 g/mol. The zero-order valence-corrected chi connectivity index (χ0v) is 22.0. The van der Waals surface area contributed by atoms with Crippen molar-refractivity contribution in [1.82, 2.24) is 9.80 Å². The van der Waals surface area contributed by atoms with Gasteiger partial charge >= 0.3 is 0 Å². The molecule has 7 rings (SSSR count). The summed E-state index contributed by atoms with van der Waals surface area (Å²) >= 11 is 0. The molecule has 0 spiro atoms. The Labute approximate surface area is 216 Å². The van der Waals surface area contributed by atoms with Gasteiger partial charge in [0.2, 0.25) is 5.91 Å². The van der Waals surface area contributed by atoms with Crippen LogP contribution in [0.4, 0.5) is 0 Å². The van der Waals surface area contributed by atoms with Crippen molar-refractivity contribution in [3.8, 4) is 0 Å². The van der Waals surface area contributed by atoms with Crippen LogP contribution in [0.15, 0.2) is 48.5 Å². The molecule has 5 aliphatic rings. The van der Waals surface area contributed by atoms with Gasteiger partial charge in [-0.3, -0.25) is 14.5 Å². The fourth-order valence-corrected chi connectivity index (χ4v) is 8.72. The second-order valence-electron chi connectivity index (χ2n) is 12.5. The van der Waals surface area contributed by atoms with E-state index in [1.54, 1.807) is 0 Å². The van der Waals surface area contributed by atoms with E-state index in [-0.39, 0.29) is 16.6 Å². The maximum atomic E-state index is 14.1. The summed E-state index contributed by atoms with van der Waals surface area (Å²) in [5.41, 5.74) is 5.06. The second-order valence-corrected chi connectivity index (χ2v) is 12.5. The van der Waals surface area contributed by atoms with Gasteiger partial charge in [-0.25, -0.2) is 0 Å². The number of aryl methyl sites for hydroxylation is 2. The van der Waals surface area contributed by atoms with E-state index in [1.165, 1.54) is 41.5 Å². The number of carbonyl (C=O) groups excluding carboxylic acids is 2. The van der Waals surface area contributed by atoms with Crippen LogP contribution in [0.3, 0.4) is 0 Å². The molecule has 2 aromatic rings. The average Bonchev–Trinajstić information content (AvgIpc) is 2.86. The Bertz CT molecular complexity index is 1110. The van der Waals surface area contributed by atoms with Crippen LogP contribution in [-0.2, 0) is 21.4 Å². The topological polar surface area (TPSA) is 40.6 Å². The first-order valence-corrected chi connectivity index (χ1v) is 14.0. The fourth-order valence-electron chi connectivity index (χ4n) is 8.72. The number of piperazine rings is 1. The quantitative estimate of drug-likeness (QED) is 0.573. The summed E-state index contributed by atoms with van der Waals surface area (Å²) in [7, 11) is 0. The van der Waals surface area contributed by atoms with Crippen LogP contribution in [0, 0.1) is 31.1 Å². The smallest absolute Gasteiger partial charge is 0.228 e. The van der Waals surface area contributed by atoms with Crippen molar-refractivity contribution in [2.75, 3.05) is 32.7 Å². The summed E-state index contributed by atoms with van der Waals surface area (Å²) in [6.45, 7) is 7.78. The fraction of sp³-hybridized carbons (Fsp3) is 0.562. The maximum absolute atomic E-state index is 14.1. The molecule has 4 heteroatoms. The molecule has 0 aromatic heterocycles. The highest BCUT2D eigenvalue weighted by Gasteiger charge is 2.61. The molecule has 1 aliphatic heterocycles. The van der Waals surface area contributed by atoms with Crippen molar-refractivity contribution in [3.63, 3.8) is 0 Å². The number of benzene rings is 2. The highest BCUT2D eigenvalue weighted by Crippen LogP contribution is 2.66. The van der Waals surface area contributed by atoms with Gasteiger partial charge in [0.15, 0.2) is 5.78 Å². The van der Waals surface area contributed by atoms with Crippen LogP contribution >= 0.6 is 0 Å². The lowest BCUT2D eigenvalue weighted by Gasteiger charge is -2.62. The average molecular weight is 485 g/mol. The molecule has 4 bridgehead atoms. The van der Waals surface area contributed by atoms with Crippen LogP contribution < -0.4 is 0 Å². The lowest BCUT2D eigenvalue weighted by molar-refractivity contribution is -0.162. The van der Waals surface area contributed by atoms with Crippen molar-refractivity contribution >= 4 is 11.7 Å². The van der Waals surface area contributed by atoms with Gasteiger partial charge in [0.05, 0.1) is 12.0 Å². The molecule has 4 saturated carbocycles. The third-order valence-electron chi connectivity index (χ3n) is 9.98. The number of carbonyl (C=O) groups is 2. The highest BCUT2D eigenvalue weighted by molar-refractivity contribution is 5.84. The predicted octanol–water partition coefficient (Wildman–Crippen LogP) is 5.10. The molecule has 0 N–H and O–H groups in total. The number of hydrogen-bond donors (Lipinski definition) is 0. The van der Waals surface area contributed by atoms with Crippen molar-refractivity contribution in [3.05, 3.63) is 70.8 Å². The van der Waals surface area contributed by atoms with E-state index in [0.717, 1.165) is 45.4 Å². The Balaban J connectivity index is 1.10. The normalized spacial score (nSPS) is 31.6. The van der Waals surface area contributed by atoms with E-state index >= 15 is 0 Å². The number of hydrogen-bond acceptors (Lipinski definition) is 3. The molecule has 2 atom stereocenters. The molecular weight excluding hydrogens is 444 g/mol. The standard InChI is InChI=1S/C32H40N2O2/c1-23-7-6-8-24(2)29(23)16-28(35)21-33-11-13-34(14-12-33)30(36)32-19-25-15-26(20-32)18-31(17-25,22-32)27-9-4-3-5-10-27/h3-10,25-26H,11-22H2,1-2H3. The maximum Gasteiger partial charge on any atom is 0.228 e. The Kier molecular flexibility index (Phi) is 6.06. The summed E-state index contributed by atoms with van der Waals surface area (Å²) in [5, 5.41) is 0. The molecule has 190 valence electrons. The number of rotatable bonds is 6. The SMILES string of the molecule is Cc1cccc(C)c1CC(=O)CN1CCN(C(=O)C23CC4CC(C2)CC(c2ccccc2)(C4)C3)CC1. The van der Waals surface area contributed by atoms with E-state index in [4.69, 9.17) is 0 Å². The molecule has 4 nitrogen and oxygen atoms in total. The molecule has 36 heavy (non-hydrogen) atoms. The van der Waals surface area contributed by atoms with E-state index in [0.29, 0.717) is 30.7 Å². The zero-order chi connectivity index (χ0) is 24.9. The number of ketones is 1. The molecule has 1 amide bonds. The minimum atomic E-state index is -0.166. The Morgan fingerprint density at radius 1 is 0.833 bits per heavy atom. The zero-order valence-electron chi connectivity index (χ0n) is 22.0. The number of Topliss-reactive ketones (excluding diaryl/α,β-unsaturated/α-hetero) is 1. The first kappa shape index (κ1) is 23.9. The lowest BCUT2D eigenvalue weighted by atomic mass is 9.42. The van der Waals surface area contributed by atoms with Crippen LogP contribution in [-0.4, -0.2) is 54.2 Å². The number of nitrogens with zero attached hydrogens (tertiary/aromatic N) is 2. The summed E-state index contributed by atoms with van der Waals surface area (Å²) in [5.74, 6) is 2.08. The third-order valence-corrected chi connectivity index (χ3v) is 9.98. The predicted molar refractivity (Wildman–Crippen MR) is 143 cm³/mol. The van der Waals surface area contributed by atoms with Gasteiger partial charge < -0.3 is 4.90 Å². The van der Waals surface area contributed by atoms with Crippen LogP contribution in [0.1, 0.15) is 60.8 Å². The van der Waals surface area contributed by atoms with Gasteiger partial charge in [-0.2, -0.15) is 0 Å². The van der Waals surface area contributed by atoms with Crippen molar-refractivity contribution in [2.24, 2.45) is 17.3 Å². The first-order valence-electron chi connectivity index (χ1n) is 14.0.